The molecule has 0 radical (unpaired) electrons. The van der Waals surface area contributed by atoms with Gasteiger partial charge in [0.25, 0.3) is 5.91 Å². The van der Waals surface area contributed by atoms with Crippen molar-refractivity contribution in [2.45, 2.75) is 30.9 Å². The number of benzene rings is 2. The van der Waals surface area contributed by atoms with Crippen molar-refractivity contribution in [1.29, 1.82) is 0 Å². The number of anilines is 2. The van der Waals surface area contributed by atoms with Gasteiger partial charge in [0, 0.05) is 9.61 Å². The maximum absolute atomic E-state index is 14.8. The number of likely N-dealkylation sites (tertiary alicyclic amines) is 1. The zero-order chi connectivity index (χ0) is 25.1. The predicted octanol–water partition coefficient (Wildman–Crippen LogP) is 4.20. The lowest BCUT2D eigenvalue weighted by molar-refractivity contribution is -0.108. The third-order valence-corrected chi connectivity index (χ3v) is 5.77. The number of hydrogen-bond acceptors (Lipinski definition) is 4. The summed E-state index contributed by atoms with van der Waals surface area (Å²) < 4.78 is 77.2. The topological polar surface area (TPSA) is 64.6 Å². The standard InChI is InChI=1S/C21H21F3IN3O2.ClH/c22-14-6-5-13(19(18(14)24)27-16-7-4-12(25)9-15(16)23)20(29)28-10-21(30,11-28)17-3-1-2-8-26-17;/h4-7,9,17,26-27,30H,1-3,8,10-11H2;1H/t17-;/m0./s1/i10D2,11D2;. The highest BCUT2D eigenvalue weighted by Gasteiger charge is 2.49. The van der Waals surface area contributed by atoms with E-state index in [1.807, 2.05) is 22.6 Å². The monoisotopic (exact) mass is 571 g/mol. The van der Waals surface area contributed by atoms with E-state index >= 15 is 0 Å². The van der Waals surface area contributed by atoms with Crippen LogP contribution in [0.5, 0.6) is 0 Å². The van der Waals surface area contributed by atoms with Crippen molar-refractivity contribution in [2.75, 3.05) is 24.9 Å². The number of nitrogens with one attached hydrogen (secondary N) is 2. The maximum atomic E-state index is 14.8. The molecule has 5 nitrogen and oxygen atoms in total. The number of aliphatic hydroxyl groups is 1. The molecule has 2 aromatic carbocycles. The summed E-state index contributed by atoms with van der Waals surface area (Å²) in [7, 11) is 0. The van der Waals surface area contributed by atoms with Crippen LogP contribution in [0.15, 0.2) is 30.3 Å². The van der Waals surface area contributed by atoms with Crippen molar-refractivity contribution in [3.05, 3.63) is 56.9 Å². The number of β-amino-alcohol motifs (C(OH)–C–C–N with tert-alkyl or cyclic N) is 1. The Kier molecular flexibility index (Phi) is 5.82. The summed E-state index contributed by atoms with van der Waals surface area (Å²) in [5.41, 5.74) is -4.24. The average molecular weight is 572 g/mol. The molecule has 10 heteroatoms. The lowest BCUT2D eigenvalue weighted by Crippen LogP contribution is -2.72. The van der Waals surface area contributed by atoms with E-state index in [1.54, 1.807) is 0 Å². The lowest BCUT2D eigenvalue weighted by Gasteiger charge is -2.51. The van der Waals surface area contributed by atoms with Gasteiger partial charge in [0.1, 0.15) is 11.4 Å². The Labute approximate surface area is 203 Å². The molecule has 0 aromatic heterocycles. The molecule has 31 heavy (non-hydrogen) atoms. The zero-order valence-electron chi connectivity index (χ0n) is 20.0. The Morgan fingerprint density at radius 1 is 1.23 bits per heavy atom. The van der Waals surface area contributed by atoms with Gasteiger partial charge < -0.3 is 20.6 Å². The van der Waals surface area contributed by atoms with E-state index in [2.05, 4.69) is 10.6 Å². The molecule has 0 saturated carbocycles. The van der Waals surface area contributed by atoms with Gasteiger partial charge in [-0.3, -0.25) is 4.79 Å². The fourth-order valence-corrected chi connectivity index (χ4v) is 3.96. The van der Waals surface area contributed by atoms with E-state index < -0.39 is 59.2 Å². The molecule has 2 fully saturated rings. The van der Waals surface area contributed by atoms with Crippen LogP contribution in [0.1, 0.15) is 35.1 Å². The molecule has 1 atom stereocenters. The summed E-state index contributed by atoms with van der Waals surface area (Å²) in [6.07, 6.45) is 1.71. The third kappa shape index (κ3) is 4.79. The Balaban J connectivity index is 0.00000342. The minimum absolute atomic E-state index is 0. The van der Waals surface area contributed by atoms with Gasteiger partial charge in [-0.05, 0) is 72.3 Å². The first kappa shape index (κ1) is 19.0. The molecule has 0 bridgehead atoms. The van der Waals surface area contributed by atoms with Crippen molar-refractivity contribution >= 4 is 52.3 Å². The molecule has 2 aromatic rings. The normalized spacial score (nSPS) is 25.1. The zero-order valence-corrected chi connectivity index (χ0v) is 19.0. The number of piperidine rings is 1. The molecule has 3 N–H and O–H groups in total. The average Bonchev–Trinajstić information content (AvgIpc) is 2.77. The molecule has 0 spiro atoms. The first-order valence-electron chi connectivity index (χ1n) is 11.3. The number of carbonyl (C=O) groups is 1. The van der Waals surface area contributed by atoms with Crippen LogP contribution in [0.2, 0.25) is 0 Å². The molecule has 168 valence electrons. The summed E-state index contributed by atoms with van der Waals surface area (Å²) in [5.74, 6) is -5.00. The quantitative estimate of drug-likeness (QED) is 0.482. The molecule has 0 unspecified atom stereocenters. The van der Waals surface area contributed by atoms with Gasteiger partial charge in [-0.2, -0.15) is 0 Å². The Hall–Kier alpha value is -1.56. The summed E-state index contributed by atoms with van der Waals surface area (Å²) in [6, 6.07) is 4.42. The highest BCUT2D eigenvalue weighted by Crippen LogP contribution is 2.34. The van der Waals surface area contributed by atoms with Crippen molar-refractivity contribution in [1.82, 2.24) is 10.2 Å². The van der Waals surface area contributed by atoms with Crippen LogP contribution >= 0.6 is 35.0 Å². The van der Waals surface area contributed by atoms with Crippen LogP contribution < -0.4 is 10.6 Å². The van der Waals surface area contributed by atoms with Crippen molar-refractivity contribution < 1.29 is 28.6 Å². The molecule has 4 rings (SSSR count). The molecular weight excluding hydrogens is 546 g/mol. The van der Waals surface area contributed by atoms with Crippen LogP contribution in [0.4, 0.5) is 24.5 Å². The van der Waals surface area contributed by atoms with Gasteiger partial charge in [0.15, 0.2) is 11.6 Å². The predicted molar refractivity (Wildman–Crippen MR) is 123 cm³/mol. The first-order chi connectivity index (χ1) is 15.8. The van der Waals surface area contributed by atoms with Gasteiger partial charge in [-0.1, -0.05) is 6.42 Å². The number of nitrogens with zero attached hydrogens (tertiary/aromatic N) is 1. The van der Waals surface area contributed by atoms with Gasteiger partial charge in [0.2, 0.25) is 0 Å². The molecule has 2 heterocycles. The number of halogens is 5. The van der Waals surface area contributed by atoms with Crippen LogP contribution in [-0.4, -0.2) is 47.1 Å². The van der Waals surface area contributed by atoms with Gasteiger partial charge in [-0.15, -0.1) is 12.4 Å². The number of carbonyl (C=O) groups excluding carboxylic acids is 1. The van der Waals surface area contributed by atoms with Gasteiger partial charge in [-0.25, -0.2) is 13.2 Å². The highest BCUT2D eigenvalue weighted by atomic mass is 127. The van der Waals surface area contributed by atoms with Crippen LogP contribution in [0, 0.1) is 21.0 Å². The molecular formula is C21H22ClF3IN3O2. The van der Waals surface area contributed by atoms with Crippen LogP contribution in [0.3, 0.4) is 0 Å². The van der Waals surface area contributed by atoms with E-state index in [-0.39, 0.29) is 23.0 Å². The minimum atomic E-state index is -2.88. The molecule has 0 aliphatic carbocycles. The molecule has 2 aliphatic heterocycles. The summed E-state index contributed by atoms with van der Waals surface area (Å²) in [5, 5.41) is 16.4. The fourth-order valence-electron chi connectivity index (χ4n) is 3.50. The second-order valence-corrected chi connectivity index (χ2v) is 8.41. The van der Waals surface area contributed by atoms with E-state index in [0.717, 1.165) is 18.6 Å². The Morgan fingerprint density at radius 2 is 1.97 bits per heavy atom. The van der Waals surface area contributed by atoms with E-state index in [0.29, 0.717) is 29.0 Å². The molecule has 2 saturated heterocycles. The summed E-state index contributed by atoms with van der Waals surface area (Å²) in [4.78, 5) is 13.5. The number of hydrogen-bond donors (Lipinski definition) is 3. The Morgan fingerprint density at radius 3 is 2.61 bits per heavy atom. The summed E-state index contributed by atoms with van der Waals surface area (Å²) >= 11 is 1.86. The largest absolute Gasteiger partial charge is 0.385 e. The van der Waals surface area contributed by atoms with Crippen molar-refractivity contribution in [3.63, 3.8) is 0 Å². The second-order valence-electron chi connectivity index (χ2n) is 7.17. The minimum Gasteiger partial charge on any atom is -0.385 e. The van der Waals surface area contributed by atoms with Crippen LogP contribution in [0.25, 0.3) is 0 Å². The highest BCUT2D eigenvalue weighted by molar-refractivity contribution is 14.1. The van der Waals surface area contributed by atoms with Crippen LogP contribution in [-0.2, 0) is 0 Å². The van der Waals surface area contributed by atoms with Gasteiger partial charge in [0.05, 0.1) is 35.4 Å². The van der Waals surface area contributed by atoms with E-state index in [4.69, 9.17) is 5.48 Å². The third-order valence-electron chi connectivity index (χ3n) is 5.10. The van der Waals surface area contributed by atoms with Gasteiger partial charge >= 0.3 is 0 Å². The molecule has 2 aliphatic rings. The smallest absolute Gasteiger partial charge is 0.256 e. The van der Waals surface area contributed by atoms with Crippen molar-refractivity contribution in [3.8, 4) is 0 Å². The first-order valence-corrected chi connectivity index (χ1v) is 10.4. The second kappa shape index (κ2) is 9.51. The van der Waals surface area contributed by atoms with E-state index in [1.165, 1.54) is 12.1 Å². The maximum Gasteiger partial charge on any atom is 0.256 e. The fraction of sp³-hybridized carbons (Fsp3) is 0.381. The van der Waals surface area contributed by atoms with E-state index in [9.17, 15) is 23.1 Å². The summed E-state index contributed by atoms with van der Waals surface area (Å²) in [6.45, 7) is -5.30. The lowest BCUT2D eigenvalue weighted by atomic mass is 9.81. The Bertz CT molecular complexity index is 1140. The number of amides is 1. The number of rotatable bonds is 4. The molecule has 1 amide bonds. The SMILES string of the molecule is Cl.[2H]C1([2H])N(C(=O)c2ccc(F)c(F)c2Nc2ccc(I)cc2F)C([2H])([2H])C1(O)[C@@H]1CCCCN1. The van der Waals surface area contributed by atoms with Crippen molar-refractivity contribution in [2.24, 2.45) is 0 Å².